The Balaban J connectivity index is 1.07. The van der Waals surface area contributed by atoms with Gasteiger partial charge in [-0.25, -0.2) is 13.9 Å². The Morgan fingerprint density at radius 1 is 1.03 bits per heavy atom. The number of alkyl halides is 1. The molecule has 1 amide bonds. The summed E-state index contributed by atoms with van der Waals surface area (Å²) < 4.78 is 48.1. The molecule has 4 aliphatic heterocycles. The molecule has 3 saturated heterocycles. The summed E-state index contributed by atoms with van der Waals surface area (Å²) in [4.78, 5) is 40.5. The van der Waals surface area contributed by atoms with Gasteiger partial charge in [0.15, 0.2) is 11.9 Å². The largest absolute Gasteiger partial charge is 0.458 e. The van der Waals surface area contributed by atoms with Gasteiger partial charge in [-0.3, -0.25) is 19.7 Å². The van der Waals surface area contributed by atoms with Crippen LogP contribution in [0.2, 0.25) is 0 Å². The number of ether oxygens (including phenoxy) is 5. The normalized spacial score (nSPS) is 35.6. The molecule has 7 rings (SSSR count). The third-order valence-corrected chi connectivity index (χ3v) is 15.2. The number of amides is 1. The van der Waals surface area contributed by atoms with Crippen molar-refractivity contribution >= 4 is 17.8 Å². The van der Waals surface area contributed by atoms with Gasteiger partial charge in [0.2, 0.25) is 0 Å². The molecule has 4 aliphatic rings. The van der Waals surface area contributed by atoms with E-state index in [1.54, 1.807) is 36.0 Å². The van der Waals surface area contributed by atoms with E-state index < -0.39 is 90.6 Å². The zero-order valence-electron chi connectivity index (χ0n) is 40.8. The molecule has 3 fully saturated rings. The minimum atomic E-state index is -1.27. The number of carbonyl (C=O) groups excluding carboxylic acids is 2. The first kappa shape index (κ1) is 50.5. The first-order chi connectivity index (χ1) is 31.9. The van der Waals surface area contributed by atoms with E-state index in [0.717, 1.165) is 22.4 Å². The van der Waals surface area contributed by atoms with E-state index >= 15 is 0 Å². The van der Waals surface area contributed by atoms with Crippen molar-refractivity contribution in [2.45, 2.75) is 154 Å². The first-order valence-corrected chi connectivity index (χ1v) is 24.1. The molecule has 17 heteroatoms. The van der Waals surface area contributed by atoms with Gasteiger partial charge in [0.1, 0.15) is 18.9 Å². The molecular formula is C50H72FN7O9. The van der Waals surface area contributed by atoms with E-state index in [2.05, 4.69) is 27.1 Å². The number of aliphatic imine (C=N–C) groups is 1. The molecule has 0 unspecified atom stereocenters. The molecule has 0 saturated carbocycles. The van der Waals surface area contributed by atoms with Crippen LogP contribution in [0.4, 0.5) is 9.18 Å². The van der Waals surface area contributed by atoms with Crippen LogP contribution in [0.3, 0.4) is 0 Å². The van der Waals surface area contributed by atoms with Crippen LogP contribution < -0.4 is 0 Å². The maximum Gasteiger partial charge on any atom is 0.410 e. The summed E-state index contributed by atoms with van der Waals surface area (Å²) in [7, 11) is 3.53. The zero-order valence-corrected chi connectivity index (χ0v) is 40.8. The molecule has 2 bridgehead atoms. The quantitative estimate of drug-likeness (QED) is 0.194. The van der Waals surface area contributed by atoms with Gasteiger partial charge in [0.25, 0.3) is 0 Å². The van der Waals surface area contributed by atoms with Crippen molar-refractivity contribution < 1.29 is 47.9 Å². The first-order valence-electron chi connectivity index (χ1n) is 24.1. The second-order valence-electron chi connectivity index (χ2n) is 19.9. The average molecular weight is 934 g/mol. The summed E-state index contributed by atoms with van der Waals surface area (Å²) in [5.74, 6) is -2.81. The minimum absolute atomic E-state index is 0.184. The van der Waals surface area contributed by atoms with Crippen molar-refractivity contribution in [3.05, 3.63) is 66.2 Å². The number of hydrogen-bond acceptors (Lipinski definition) is 14. The molecule has 67 heavy (non-hydrogen) atoms. The SMILES string of the molecule is CC[C@H]1OC(=O)[C@H](C)[C@@H](O)[C@H](C)[C@@H](O[C@@H]2O[C@H](C)C[C@H](N(C)CCc3cn([C@H](CF)Cc4ccc(-c5cccnc5)cc4)nn3)[C@H]2O)[C@](C)(OC)C[C@@H](C)C2=NCCN3C(=O)O[C@@]1(C)[C@H]3[C@H]2C. The number of hydrogen-bond donors (Lipinski definition) is 2. The molecule has 0 aliphatic carbocycles. The lowest BCUT2D eigenvalue weighted by Gasteiger charge is -2.48. The second-order valence-corrected chi connectivity index (χ2v) is 19.9. The molecule has 15 atom stereocenters. The molecule has 6 heterocycles. The van der Waals surface area contributed by atoms with Gasteiger partial charge in [0, 0.05) is 68.8 Å². The average Bonchev–Trinajstić information content (AvgIpc) is 3.84. The summed E-state index contributed by atoms with van der Waals surface area (Å²) >= 11 is 0. The number of likely N-dealkylation sites (N-methyl/N-ethyl adjacent to an activating group) is 1. The lowest BCUT2D eigenvalue weighted by molar-refractivity contribution is -0.301. The van der Waals surface area contributed by atoms with E-state index in [1.165, 1.54) is 0 Å². The summed E-state index contributed by atoms with van der Waals surface area (Å²) in [5.41, 5.74) is 2.35. The Morgan fingerprint density at radius 2 is 1.78 bits per heavy atom. The highest BCUT2D eigenvalue weighted by Gasteiger charge is 2.60. The molecule has 2 N–H and O–H groups in total. The van der Waals surface area contributed by atoms with Crippen LogP contribution in [-0.4, -0.2) is 158 Å². The smallest absolute Gasteiger partial charge is 0.410 e. The molecule has 368 valence electrons. The highest BCUT2D eigenvalue weighted by Crippen LogP contribution is 2.44. The van der Waals surface area contributed by atoms with Gasteiger partial charge in [-0.15, -0.1) is 5.10 Å². The van der Waals surface area contributed by atoms with E-state index in [4.69, 9.17) is 28.7 Å². The maximum absolute atomic E-state index is 14.5. The van der Waals surface area contributed by atoms with E-state index in [9.17, 15) is 24.2 Å². The standard InChI is InChI=1S/C50H72FN7O9/c1-11-40-50(8)44-31(4)41(53-20-22-57(44)48(62)67-50)29(2)25-49(7,63-10)45(32(5)42(59)33(6)46(61)65-40)66-47-43(60)39(23-30(3)64-47)56(9)21-18-37-28-58(55-54-37)38(26-51)24-34-14-16-35(17-15-34)36-13-12-19-52-27-36/h12-17,19,27-33,38-40,42-45,47,59-60H,11,18,20-26H2,1-10H3/t29-,30-,31+,32+,33-,38+,39+,40-,42+,43-,44-,45-,47+,49-,50-/m1/s1. The van der Waals surface area contributed by atoms with Crippen molar-refractivity contribution in [2.75, 3.05) is 40.5 Å². The predicted molar refractivity (Wildman–Crippen MR) is 249 cm³/mol. The van der Waals surface area contributed by atoms with Gasteiger partial charge >= 0.3 is 12.1 Å². The van der Waals surface area contributed by atoms with Gasteiger partial charge in [-0.1, -0.05) is 63.2 Å². The molecule has 2 aromatic heterocycles. The summed E-state index contributed by atoms with van der Waals surface area (Å²) in [5, 5.41) is 32.9. The Kier molecular flexibility index (Phi) is 15.9. The molecular weight excluding hydrogens is 862 g/mol. The number of rotatable bonds is 13. The number of benzene rings is 1. The Morgan fingerprint density at radius 3 is 2.45 bits per heavy atom. The Labute approximate surface area is 394 Å². The number of carbonyl (C=O) groups is 2. The van der Waals surface area contributed by atoms with Crippen LogP contribution in [0, 0.1) is 23.7 Å². The minimum Gasteiger partial charge on any atom is -0.458 e. The van der Waals surface area contributed by atoms with Crippen molar-refractivity contribution in [3.8, 4) is 11.1 Å². The second kappa shape index (κ2) is 21.1. The number of aliphatic hydroxyl groups is 2. The van der Waals surface area contributed by atoms with Crippen LogP contribution in [-0.2, 0) is 41.3 Å². The van der Waals surface area contributed by atoms with Crippen molar-refractivity contribution in [1.29, 1.82) is 0 Å². The van der Waals surface area contributed by atoms with Crippen molar-refractivity contribution in [3.63, 3.8) is 0 Å². The molecule has 16 nitrogen and oxygen atoms in total. The lowest BCUT2D eigenvalue weighted by Crippen LogP contribution is -2.61. The molecule has 0 spiro atoms. The third kappa shape index (κ3) is 10.5. The maximum atomic E-state index is 14.5. The fourth-order valence-electron chi connectivity index (χ4n) is 11.3. The van der Waals surface area contributed by atoms with Crippen LogP contribution in [0.25, 0.3) is 11.1 Å². The number of nitrogens with zero attached hydrogens (tertiary/aromatic N) is 7. The van der Waals surface area contributed by atoms with Crippen LogP contribution >= 0.6 is 0 Å². The number of cyclic esters (lactones) is 1. The number of methoxy groups -OCH3 is 1. The Hall–Kier alpha value is -4.39. The molecule has 1 aromatic carbocycles. The van der Waals surface area contributed by atoms with Gasteiger partial charge in [0.05, 0.1) is 54.2 Å². The summed E-state index contributed by atoms with van der Waals surface area (Å²) in [6.07, 6.45) is 1.61. The van der Waals surface area contributed by atoms with Gasteiger partial charge in [-0.05, 0) is 89.1 Å². The monoisotopic (exact) mass is 934 g/mol. The zero-order chi connectivity index (χ0) is 48.4. The molecule has 0 radical (unpaired) electrons. The van der Waals surface area contributed by atoms with Crippen LogP contribution in [0.15, 0.2) is 60.0 Å². The van der Waals surface area contributed by atoms with Crippen LogP contribution in [0.1, 0.15) is 92.0 Å². The highest BCUT2D eigenvalue weighted by atomic mass is 19.1. The predicted octanol–water partition coefficient (Wildman–Crippen LogP) is 5.89. The van der Waals surface area contributed by atoms with E-state index in [1.807, 2.05) is 91.2 Å². The highest BCUT2D eigenvalue weighted by molar-refractivity contribution is 5.91. The third-order valence-electron chi connectivity index (χ3n) is 15.2. The topological polar surface area (TPSA) is 183 Å². The number of esters is 1. The Bertz CT molecular complexity index is 2170. The van der Waals surface area contributed by atoms with E-state index in [-0.39, 0.29) is 17.9 Å². The number of aliphatic hydroxyl groups excluding tert-OH is 2. The van der Waals surface area contributed by atoms with Crippen molar-refractivity contribution in [2.24, 2.45) is 28.7 Å². The molecule has 3 aromatic rings. The number of fused-ring (bicyclic) bond motifs is 1. The summed E-state index contributed by atoms with van der Waals surface area (Å²) in [6.45, 7) is 15.8. The van der Waals surface area contributed by atoms with Gasteiger partial charge in [-0.2, -0.15) is 0 Å². The fraction of sp³-hybridized carbons (Fsp3) is 0.680. The summed E-state index contributed by atoms with van der Waals surface area (Å²) in [6, 6.07) is 10.5. The van der Waals surface area contributed by atoms with Gasteiger partial charge < -0.3 is 38.8 Å². The lowest BCUT2D eigenvalue weighted by atomic mass is 9.73. The van der Waals surface area contributed by atoms with Crippen LogP contribution in [0.5, 0.6) is 0 Å². The van der Waals surface area contributed by atoms with Crippen molar-refractivity contribution in [1.82, 2.24) is 29.8 Å². The number of pyridine rings is 1. The fourth-order valence-corrected chi connectivity index (χ4v) is 11.3. The number of halogens is 1. The van der Waals surface area contributed by atoms with E-state index in [0.29, 0.717) is 57.4 Å². The number of aromatic nitrogens is 4.